The number of hydrogen-bond acceptors (Lipinski definition) is 2. The summed E-state index contributed by atoms with van der Waals surface area (Å²) in [5, 5.41) is 6.61. The van der Waals surface area contributed by atoms with Gasteiger partial charge in [-0.15, -0.1) is 0 Å². The van der Waals surface area contributed by atoms with Crippen molar-refractivity contribution < 1.29 is 0 Å². The molecule has 1 aromatic rings. The first-order valence-electron chi connectivity index (χ1n) is 5.84. The standard InChI is InChI=1S/C13H21BrN2/c1-11-4-5-13(14)10-12(11)6-9-16-8-3-7-15-2/h4-5,10,15-16H,3,6-9H2,1-2H3. The van der Waals surface area contributed by atoms with Crippen LogP contribution >= 0.6 is 15.9 Å². The van der Waals surface area contributed by atoms with Crippen molar-refractivity contribution in [3.05, 3.63) is 33.8 Å². The summed E-state index contributed by atoms with van der Waals surface area (Å²) in [6, 6.07) is 6.48. The number of nitrogens with one attached hydrogen (secondary N) is 2. The van der Waals surface area contributed by atoms with Gasteiger partial charge in [0.25, 0.3) is 0 Å². The van der Waals surface area contributed by atoms with Crippen LogP contribution in [0.5, 0.6) is 0 Å². The van der Waals surface area contributed by atoms with E-state index in [1.807, 2.05) is 7.05 Å². The summed E-state index contributed by atoms with van der Waals surface area (Å²) in [4.78, 5) is 0. The maximum absolute atomic E-state index is 3.51. The highest BCUT2D eigenvalue weighted by Crippen LogP contribution is 2.16. The average Bonchev–Trinajstić information content (AvgIpc) is 2.28. The molecule has 0 radical (unpaired) electrons. The third kappa shape index (κ3) is 5.10. The van der Waals surface area contributed by atoms with E-state index in [1.165, 1.54) is 22.0 Å². The highest BCUT2D eigenvalue weighted by molar-refractivity contribution is 9.10. The molecule has 0 spiro atoms. The second-order valence-corrected chi connectivity index (χ2v) is 4.94. The van der Waals surface area contributed by atoms with Gasteiger partial charge in [0.2, 0.25) is 0 Å². The second-order valence-electron chi connectivity index (χ2n) is 4.03. The summed E-state index contributed by atoms with van der Waals surface area (Å²) in [6.45, 7) is 5.40. The predicted octanol–water partition coefficient (Wildman–Crippen LogP) is 2.50. The van der Waals surface area contributed by atoms with Gasteiger partial charge in [0, 0.05) is 4.47 Å². The third-order valence-corrected chi connectivity index (χ3v) is 3.16. The van der Waals surface area contributed by atoms with E-state index in [1.54, 1.807) is 0 Å². The van der Waals surface area contributed by atoms with Crippen molar-refractivity contribution in [3.63, 3.8) is 0 Å². The molecule has 0 fully saturated rings. The average molecular weight is 285 g/mol. The monoisotopic (exact) mass is 284 g/mol. The predicted molar refractivity (Wildman–Crippen MR) is 74.0 cm³/mol. The maximum atomic E-state index is 3.51. The Morgan fingerprint density at radius 3 is 2.75 bits per heavy atom. The van der Waals surface area contributed by atoms with Crippen molar-refractivity contribution in [2.75, 3.05) is 26.7 Å². The summed E-state index contributed by atoms with van der Waals surface area (Å²) in [5.41, 5.74) is 2.80. The molecule has 0 aliphatic carbocycles. The Bertz CT molecular complexity index is 313. The number of halogens is 1. The molecule has 0 heterocycles. The minimum atomic E-state index is 1.06. The zero-order valence-electron chi connectivity index (χ0n) is 10.1. The van der Waals surface area contributed by atoms with Gasteiger partial charge in [0.05, 0.1) is 0 Å². The van der Waals surface area contributed by atoms with Crippen molar-refractivity contribution in [2.24, 2.45) is 0 Å². The van der Waals surface area contributed by atoms with Crippen LogP contribution in [0, 0.1) is 6.92 Å². The Labute approximate surface area is 107 Å². The van der Waals surface area contributed by atoms with E-state index in [0.29, 0.717) is 0 Å². The largest absolute Gasteiger partial charge is 0.320 e. The van der Waals surface area contributed by atoms with Crippen molar-refractivity contribution in [1.29, 1.82) is 0 Å². The Morgan fingerprint density at radius 1 is 1.19 bits per heavy atom. The number of hydrogen-bond donors (Lipinski definition) is 2. The van der Waals surface area contributed by atoms with E-state index >= 15 is 0 Å². The van der Waals surface area contributed by atoms with Crippen LogP contribution in [0.3, 0.4) is 0 Å². The first-order valence-corrected chi connectivity index (χ1v) is 6.63. The van der Waals surface area contributed by atoms with Gasteiger partial charge < -0.3 is 10.6 Å². The highest BCUT2D eigenvalue weighted by atomic mass is 79.9. The first-order chi connectivity index (χ1) is 7.74. The SMILES string of the molecule is CNCCCNCCc1cc(Br)ccc1C. The van der Waals surface area contributed by atoms with Crippen molar-refractivity contribution in [3.8, 4) is 0 Å². The summed E-state index contributed by atoms with van der Waals surface area (Å²) >= 11 is 3.51. The second kappa shape index (κ2) is 7.82. The Hall–Kier alpha value is -0.380. The van der Waals surface area contributed by atoms with Gasteiger partial charge in [0.1, 0.15) is 0 Å². The van der Waals surface area contributed by atoms with Crippen molar-refractivity contribution in [2.45, 2.75) is 19.8 Å². The summed E-state index contributed by atoms with van der Waals surface area (Å²) in [6.07, 6.45) is 2.29. The van der Waals surface area contributed by atoms with Gasteiger partial charge in [-0.1, -0.05) is 22.0 Å². The van der Waals surface area contributed by atoms with Crippen molar-refractivity contribution >= 4 is 15.9 Å². The summed E-state index contributed by atoms with van der Waals surface area (Å²) < 4.78 is 1.17. The molecule has 1 rings (SSSR count). The molecule has 90 valence electrons. The fraction of sp³-hybridized carbons (Fsp3) is 0.538. The fourth-order valence-corrected chi connectivity index (χ4v) is 2.06. The van der Waals surface area contributed by atoms with Crippen molar-refractivity contribution in [1.82, 2.24) is 10.6 Å². The lowest BCUT2D eigenvalue weighted by molar-refractivity contribution is 0.624. The molecule has 0 atom stereocenters. The number of rotatable bonds is 7. The molecular weight excluding hydrogens is 264 g/mol. The zero-order valence-corrected chi connectivity index (χ0v) is 11.7. The van der Waals surface area contributed by atoms with Gasteiger partial charge in [0.15, 0.2) is 0 Å². The minimum Gasteiger partial charge on any atom is -0.320 e. The van der Waals surface area contributed by atoms with Crippen LogP contribution in [0.1, 0.15) is 17.5 Å². The molecule has 0 amide bonds. The summed E-state index contributed by atoms with van der Waals surface area (Å²) in [5.74, 6) is 0. The van der Waals surface area contributed by atoms with E-state index in [0.717, 1.165) is 26.1 Å². The zero-order chi connectivity index (χ0) is 11.8. The molecule has 2 N–H and O–H groups in total. The van der Waals surface area contributed by atoms with E-state index < -0.39 is 0 Å². The molecule has 16 heavy (non-hydrogen) atoms. The normalized spacial score (nSPS) is 10.7. The maximum Gasteiger partial charge on any atom is 0.0178 e. The van der Waals surface area contributed by atoms with Crippen LogP contribution in [0.4, 0.5) is 0 Å². The van der Waals surface area contributed by atoms with Crippen LogP contribution in [0.15, 0.2) is 22.7 Å². The molecule has 0 unspecified atom stereocenters. The first kappa shape index (κ1) is 13.7. The molecule has 0 aliphatic rings. The molecule has 0 saturated carbocycles. The lowest BCUT2D eigenvalue weighted by Gasteiger charge is -2.08. The van der Waals surface area contributed by atoms with E-state index in [9.17, 15) is 0 Å². The topological polar surface area (TPSA) is 24.1 Å². The van der Waals surface area contributed by atoms with Gasteiger partial charge in [-0.2, -0.15) is 0 Å². The Kier molecular flexibility index (Phi) is 6.69. The smallest absolute Gasteiger partial charge is 0.0178 e. The third-order valence-electron chi connectivity index (χ3n) is 2.66. The molecule has 0 aromatic heterocycles. The minimum absolute atomic E-state index is 1.06. The van der Waals surface area contributed by atoms with Gasteiger partial charge in [-0.05, 0) is 69.7 Å². The van der Waals surface area contributed by atoms with Gasteiger partial charge in [-0.3, -0.25) is 0 Å². The van der Waals surface area contributed by atoms with Crippen LogP contribution in [0.2, 0.25) is 0 Å². The number of aryl methyl sites for hydroxylation is 1. The Morgan fingerprint density at radius 2 is 2.00 bits per heavy atom. The molecular formula is C13H21BrN2. The lowest BCUT2D eigenvalue weighted by atomic mass is 10.1. The van der Waals surface area contributed by atoms with Gasteiger partial charge in [-0.25, -0.2) is 0 Å². The molecule has 0 aliphatic heterocycles. The Balaban J connectivity index is 2.23. The molecule has 0 saturated heterocycles. The molecule has 1 aromatic carbocycles. The van der Waals surface area contributed by atoms with E-state index in [4.69, 9.17) is 0 Å². The molecule has 0 bridgehead atoms. The molecule has 2 nitrogen and oxygen atoms in total. The van der Waals surface area contributed by atoms with Crippen LogP contribution in [-0.2, 0) is 6.42 Å². The van der Waals surface area contributed by atoms with Crippen LogP contribution in [-0.4, -0.2) is 26.7 Å². The van der Waals surface area contributed by atoms with E-state index in [2.05, 4.69) is 51.7 Å². The quantitative estimate of drug-likeness (QED) is 0.752. The highest BCUT2D eigenvalue weighted by Gasteiger charge is 1.98. The lowest BCUT2D eigenvalue weighted by Crippen LogP contribution is -2.22. The fourth-order valence-electron chi connectivity index (χ4n) is 1.65. The van der Waals surface area contributed by atoms with Crippen LogP contribution < -0.4 is 10.6 Å². The van der Waals surface area contributed by atoms with E-state index in [-0.39, 0.29) is 0 Å². The number of benzene rings is 1. The van der Waals surface area contributed by atoms with Gasteiger partial charge >= 0.3 is 0 Å². The van der Waals surface area contributed by atoms with Crippen LogP contribution in [0.25, 0.3) is 0 Å². The summed E-state index contributed by atoms with van der Waals surface area (Å²) in [7, 11) is 1.99. The molecule has 3 heteroatoms.